The highest BCUT2D eigenvalue weighted by molar-refractivity contribution is 5.35. The maximum absolute atomic E-state index is 10.0. The quantitative estimate of drug-likeness (QED) is 0.834. The van der Waals surface area contributed by atoms with Crippen LogP contribution < -0.4 is 0 Å². The van der Waals surface area contributed by atoms with Gasteiger partial charge in [-0.05, 0) is 32.3 Å². The second-order valence-electron chi connectivity index (χ2n) is 4.88. The lowest BCUT2D eigenvalue weighted by molar-refractivity contribution is 0.173. The zero-order valence-corrected chi connectivity index (χ0v) is 10.6. The average Bonchev–Trinajstić information content (AvgIpc) is 2.33. The van der Waals surface area contributed by atoms with Gasteiger partial charge in [0.05, 0.1) is 6.10 Å². The van der Waals surface area contributed by atoms with E-state index >= 15 is 0 Å². The standard InChI is InChI=1S/C16H20O/c1-12-8-10-15(11-9-12)16(13(2)17)14-6-4-3-5-7-14/h3-8,10,13,16-17H,9,11H2,1-2H3. The van der Waals surface area contributed by atoms with Crippen LogP contribution in [0.4, 0.5) is 0 Å². The molecule has 0 heterocycles. The van der Waals surface area contributed by atoms with Crippen LogP contribution in [0.25, 0.3) is 0 Å². The first-order valence-corrected chi connectivity index (χ1v) is 6.27. The Morgan fingerprint density at radius 1 is 1.06 bits per heavy atom. The fraction of sp³-hybridized carbons (Fsp3) is 0.375. The van der Waals surface area contributed by atoms with E-state index in [1.54, 1.807) is 0 Å². The summed E-state index contributed by atoms with van der Waals surface area (Å²) in [5.41, 5.74) is 3.98. The molecule has 0 spiro atoms. The van der Waals surface area contributed by atoms with Crippen LogP contribution in [0.5, 0.6) is 0 Å². The van der Waals surface area contributed by atoms with Gasteiger partial charge in [-0.2, -0.15) is 0 Å². The fourth-order valence-electron chi connectivity index (χ4n) is 2.48. The van der Waals surface area contributed by atoms with Gasteiger partial charge in [0.15, 0.2) is 0 Å². The molecule has 2 atom stereocenters. The Morgan fingerprint density at radius 2 is 1.76 bits per heavy atom. The van der Waals surface area contributed by atoms with Gasteiger partial charge in [0.25, 0.3) is 0 Å². The van der Waals surface area contributed by atoms with Crippen LogP contribution in [0.15, 0.2) is 53.6 Å². The van der Waals surface area contributed by atoms with Crippen LogP contribution in [0, 0.1) is 0 Å². The Kier molecular flexibility index (Phi) is 3.80. The molecule has 2 unspecified atom stereocenters. The Bertz CT molecular complexity index is 426. The van der Waals surface area contributed by atoms with E-state index in [-0.39, 0.29) is 12.0 Å². The number of aliphatic hydroxyl groups excluding tert-OH is 1. The predicted octanol–water partition coefficient (Wildman–Crippen LogP) is 3.82. The summed E-state index contributed by atoms with van der Waals surface area (Å²) in [7, 11) is 0. The van der Waals surface area contributed by atoms with Gasteiger partial charge in [0.2, 0.25) is 0 Å². The molecule has 0 fully saturated rings. The lowest BCUT2D eigenvalue weighted by Gasteiger charge is -2.25. The molecule has 0 aromatic heterocycles. The lowest BCUT2D eigenvalue weighted by Crippen LogP contribution is -2.18. The largest absolute Gasteiger partial charge is 0.392 e. The first-order valence-electron chi connectivity index (χ1n) is 6.27. The summed E-state index contributed by atoms with van der Waals surface area (Å²) >= 11 is 0. The minimum atomic E-state index is -0.338. The zero-order valence-electron chi connectivity index (χ0n) is 10.6. The normalized spacial score (nSPS) is 19.2. The van der Waals surface area contributed by atoms with Crippen LogP contribution in [-0.4, -0.2) is 11.2 Å². The summed E-state index contributed by atoms with van der Waals surface area (Å²) in [4.78, 5) is 0. The van der Waals surface area contributed by atoms with Gasteiger partial charge in [0.1, 0.15) is 0 Å². The van der Waals surface area contributed by atoms with Crippen molar-refractivity contribution in [2.45, 2.75) is 38.7 Å². The first kappa shape index (κ1) is 12.1. The van der Waals surface area contributed by atoms with Gasteiger partial charge in [-0.15, -0.1) is 0 Å². The van der Waals surface area contributed by atoms with Crippen LogP contribution in [0.2, 0.25) is 0 Å². The van der Waals surface area contributed by atoms with Crippen molar-refractivity contribution in [2.75, 3.05) is 0 Å². The highest BCUT2D eigenvalue weighted by Crippen LogP contribution is 2.33. The molecule has 1 nitrogen and oxygen atoms in total. The number of rotatable bonds is 3. The monoisotopic (exact) mass is 228 g/mol. The summed E-state index contributed by atoms with van der Waals surface area (Å²) in [6, 6.07) is 10.3. The van der Waals surface area contributed by atoms with Crippen molar-refractivity contribution in [1.29, 1.82) is 0 Å². The smallest absolute Gasteiger partial charge is 0.0618 e. The van der Waals surface area contributed by atoms with Crippen LogP contribution in [-0.2, 0) is 0 Å². The number of hydrogen-bond acceptors (Lipinski definition) is 1. The molecule has 1 heteroatoms. The van der Waals surface area contributed by atoms with Crippen molar-refractivity contribution < 1.29 is 5.11 Å². The van der Waals surface area contributed by atoms with Gasteiger partial charge < -0.3 is 5.11 Å². The Hall–Kier alpha value is -1.34. The molecule has 90 valence electrons. The Labute approximate surface area is 103 Å². The van der Waals surface area contributed by atoms with E-state index in [1.165, 1.54) is 16.7 Å². The fourth-order valence-corrected chi connectivity index (χ4v) is 2.48. The van der Waals surface area contributed by atoms with E-state index in [1.807, 2.05) is 25.1 Å². The van der Waals surface area contributed by atoms with E-state index in [0.717, 1.165) is 12.8 Å². The molecular formula is C16H20O. The van der Waals surface area contributed by atoms with Crippen molar-refractivity contribution in [3.63, 3.8) is 0 Å². The highest BCUT2D eigenvalue weighted by Gasteiger charge is 2.22. The number of hydrogen-bond donors (Lipinski definition) is 1. The molecule has 17 heavy (non-hydrogen) atoms. The van der Waals surface area contributed by atoms with Gasteiger partial charge in [0, 0.05) is 5.92 Å². The molecule has 1 aromatic carbocycles. The molecule has 0 radical (unpaired) electrons. The van der Waals surface area contributed by atoms with E-state index in [2.05, 4.69) is 31.2 Å². The molecule has 1 N–H and O–H groups in total. The maximum Gasteiger partial charge on any atom is 0.0618 e. The third-order valence-electron chi connectivity index (χ3n) is 3.43. The predicted molar refractivity (Wildman–Crippen MR) is 71.9 cm³/mol. The summed E-state index contributed by atoms with van der Waals surface area (Å²) in [6.45, 7) is 4.04. The second-order valence-corrected chi connectivity index (χ2v) is 4.88. The molecule has 0 amide bonds. The number of aliphatic hydroxyl groups is 1. The molecule has 0 aliphatic heterocycles. The molecule has 1 aromatic rings. The summed E-state index contributed by atoms with van der Waals surface area (Å²) < 4.78 is 0. The number of benzene rings is 1. The van der Waals surface area contributed by atoms with E-state index in [0.29, 0.717) is 0 Å². The molecule has 2 rings (SSSR count). The Morgan fingerprint density at radius 3 is 2.29 bits per heavy atom. The molecule has 0 saturated carbocycles. The van der Waals surface area contributed by atoms with Gasteiger partial charge in [-0.25, -0.2) is 0 Å². The van der Waals surface area contributed by atoms with E-state index in [4.69, 9.17) is 0 Å². The lowest BCUT2D eigenvalue weighted by atomic mass is 9.82. The van der Waals surface area contributed by atoms with Gasteiger partial charge in [-0.1, -0.05) is 53.6 Å². The first-order chi connectivity index (χ1) is 8.18. The molecule has 1 aliphatic rings. The van der Waals surface area contributed by atoms with Crippen molar-refractivity contribution in [3.8, 4) is 0 Å². The van der Waals surface area contributed by atoms with Crippen LogP contribution in [0.1, 0.15) is 38.2 Å². The van der Waals surface area contributed by atoms with Crippen molar-refractivity contribution >= 4 is 0 Å². The van der Waals surface area contributed by atoms with E-state index in [9.17, 15) is 5.11 Å². The highest BCUT2D eigenvalue weighted by atomic mass is 16.3. The molecule has 0 saturated heterocycles. The van der Waals surface area contributed by atoms with E-state index < -0.39 is 0 Å². The third-order valence-corrected chi connectivity index (χ3v) is 3.43. The van der Waals surface area contributed by atoms with Crippen molar-refractivity contribution in [3.05, 3.63) is 59.2 Å². The number of allylic oxidation sites excluding steroid dienone is 3. The topological polar surface area (TPSA) is 20.2 Å². The molecule has 1 aliphatic carbocycles. The van der Waals surface area contributed by atoms with Gasteiger partial charge >= 0.3 is 0 Å². The van der Waals surface area contributed by atoms with Crippen LogP contribution in [0.3, 0.4) is 0 Å². The molecular weight excluding hydrogens is 208 g/mol. The molecule has 0 bridgehead atoms. The van der Waals surface area contributed by atoms with Crippen molar-refractivity contribution in [2.24, 2.45) is 0 Å². The second kappa shape index (κ2) is 5.33. The minimum absolute atomic E-state index is 0.139. The summed E-state index contributed by atoms with van der Waals surface area (Å²) in [6.07, 6.45) is 6.20. The zero-order chi connectivity index (χ0) is 12.3. The van der Waals surface area contributed by atoms with Crippen LogP contribution >= 0.6 is 0 Å². The Balaban J connectivity index is 2.31. The van der Waals surface area contributed by atoms with Crippen molar-refractivity contribution in [1.82, 2.24) is 0 Å². The maximum atomic E-state index is 10.0. The minimum Gasteiger partial charge on any atom is -0.392 e. The third kappa shape index (κ3) is 2.86. The summed E-state index contributed by atoms with van der Waals surface area (Å²) in [5.74, 6) is 0.139. The summed E-state index contributed by atoms with van der Waals surface area (Å²) in [5, 5.41) is 10.0. The van der Waals surface area contributed by atoms with Gasteiger partial charge in [-0.3, -0.25) is 0 Å². The SMILES string of the molecule is CC1=CC=C(C(c2ccccc2)C(C)O)CC1. The average molecular weight is 228 g/mol.